The van der Waals surface area contributed by atoms with Gasteiger partial charge in [0.1, 0.15) is 0 Å². The van der Waals surface area contributed by atoms with Crippen molar-refractivity contribution in [2.75, 3.05) is 38.5 Å². The van der Waals surface area contributed by atoms with Gasteiger partial charge in [0.2, 0.25) is 10.0 Å². The number of nitrogens with one attached hydrogen (secondary N) is 3. The average Bonchev–Trinajstić information content (AvgIpc) is 2.51. The van der Waals surface area contributed by atoms with Gasteiger partial charge in [0.05, 0.1) is 18.4 Å². The van der Waals surface area contributed by atoms with E-state index in [1.165, 1.54) is 0 Å². The normalized spacial score (nSPS) is 19.7. The van der Waals surface area contributed by atoms with Crippen LogP contribution < -0.4 is 15.4 Å². The Morgan fingerprint density at radius 2 is 2.23 bits per heavy atom. The van der Waals surface area contributed by atoms with Gasteiger partial charge in [-0.25, -0.2) is 13.1 Å². The molecule has 0 aromatic heterocycles. The van der Waals surface area contributed by atoms with Gasteiger partial charge in [-0.3, -0.25) is 4.99 Å². The van der Waals surface area contributed by atoms with Gasteiger partial charge >= 0.3 is 0 Å². The van der Waals surface area contributed by atoms with Gasteiger partial charge in [0.15, 0.2) is 5.96 Å². The fraction of sp³-hybridized carbons (Fsp3) is 0.786. The molecule has 1 aliphatic heterocycles. The maximum absolute atomic E-state index is 11.9. The second-order valence-corrected chi connectivity index (χ2v) is 7.01. The number of hydrogen-bond acceptors (Lipinski definition) is 4. The monoisotopic (exact) mass is 332 g/mol. The van der Waals surface area contributed by atoms with E-state index >= 15 is 0 Å². The molecule has 7 nitrogen and oxygen atoms in total. The molecule has 1 atom stereocenters. The third-order valence-corrected chi connectivity index (χ3v) is 4.52. The minimum Gasteiger partial charge on any atom is -0.377 e. The molecule has 1 aliphatic rings. The standard InChI is InChI=1S/C14H28N4O3S/c1-3-8-16-14(15-4-2)17-9-11-22(19,20)18-12-13-7-5-6-10-21-13/h3,13,18H,1,4-12H2,2H3,(H2,15,16,17). The topological polar surface area (TPSA) is 91.8 Å². The highest BCUT2D eigenvalue weighted by molar-refractivity contribution is 7.89. The van der Waals surface area contributed by atoms with Crippen LogP contribution in [0.4, 0.5) is 0 Å². The molecule has 1 unspecified atom stereocenters. The van der Waals surface area contributed by atoms with Crippen molar-refractivity contribution in [3.63, 3.8) is 0 Å². The zero-order chi connectivity index (χ0) is 16.3. The summed E-state index contributed by atoms with van der Waals surface area (Å²) in [5.41, 5.74) is 0. The highest BCUT2D eigenvalue weighted by Gasteiger charge is 2.17. The predicted molar refractivity (Wildman–Crippen MR) is 89.6 cm³/mol. The smallest absolute Gasteiger partial charge is 0.213 e. The summed E-state index contributed by atoms with van der Waals surface area (Å²) in [6.07, 6.45) is 4.78. The number of sulfonamides is 1. The molecular formula is C14H28N4O3S. The first-order chi connectivity index (χ1) is 10.6. The molecule has 1 fully saturated rings. The summed E-state index contributed by atoms with van der Waals surface area (Å²) in [5, 5.41) is 6.07. The van der Waals surface area contributed by atoms with Gasteiger partial charge in [0.25, 0.3) is 0 Å². The van der Waals surface area contributed by atoms with E-state index in [0.717, 1.165) is 25.9 Å². The lowest BCUT2D eigenvalue weighted by Gasteiger charge is -2.22. The molecule has 1 saturated heterocycles. The van der Waals surface area contributed by atoms with Crippen molar-refractivity contribution in [1.82, 2.24) is 15.4 Å². The average molecular weight is 332 g/mol. The van der Waals surface area contributed by atoms with Crippen LogP contribution in [0.5, 0.6) is 0 Å². The van der Waals surface area contributed by atoms with Crippen LogP contribution in [0.25, 0.3) is 0 Å². The summed E-state index contributed by atoms with van der Waals surface area (Å²) < 4.78 is 32.0. The van der Waals surface area contributed by atoms with Crippen LogP contribution in [-0.4, -0.2) is 59.0 Å². The summed E-state index contributed by atoms with van der Waals surface area (Å²) in [4.78, 5) is 4.23. The molecule has 0 saturated carbocycles. The Morgan fingerprint density at radius 1 is 1.41 bits per heavy atom. The van der Waals surface area contributed by atoms with E-state index in [0.29, 0.717) is 25.6 Å². The van der Waals surface area contributed by atoms with Gasteiger partial charge in [0, 0.05) is 26.2 Å². The molecule has 0 bridgehead atoms. The van der Waals surface area contributed by atoms with Crippen LogP contribution in [0.3, 0.4) is 0 Å². The lowest BCUT2D eigenvalue weighted by atomic mass is 10.1. The zero-order valence-corrected chi connectivity index (χ0v) is 14.1. The molecule has 3 N–H and O–H groups in total. The quantitative estimate of drug-likeness (QED) is 0.319. The van der Waals surface area contributed by atoms with Gasteiger partial charge in [-0.1, -0.05) is 6.08 Å². The molecule has 0 aromatic carbocycles. The van der Waals surface area contributed by atoms with Crippen molar-refractivity contribution in [1.29, 1.82) is 0 Å². The Kier molecular flexibility index (Phi) is 9.10. The number of ether oxygens (including phenoxy) is 1. The Bertz CT molecular complexity index is 445. The molecule has 0 radical (unpaired) electrons. The molecule has 0 spiro atoms. The lowest BCUT2D eigenvalue weighted by Crippen LogP contribution is -2.39. The van der Waals surface area contributed by atoms with Crippen LogP contribution >= 0.6 is 0 Å². The molecule has 0 aliphatic carbocycles. The van der Waals surface area contributed by atoms with Crippen LogP contribution in [0, 0.1) is 0 Å². The van der Waals surface area contributed by atoms with Gasteiger partial charge < -0.3 is 15.4 Å². The van der Waals surface area contributed by atoms with E-state index in [9.17, 15) is 8.42 Å². The van der Waals surface area contributed by atoms with E-state index in [1.807, 2.05) is 6.92 Å². The highest BCUT2D eigenvalue weighted by Crippen LogP contribution is 2.11. The summed E-state index contributed by atoms with van der Waals surface area (Å²) in [6, 6.07) is 0. The third-order valence-electron chi connectivity index (χ3n) is 3.19. The molecule has 1 heterocycles. The fourth-order valence-corrected chi connectivity index (χ4v) is 2.96. The van der Waals surface area contributed by atoms with Crippen LogP contribution in [0.15, 0.2) is 17.6 Å². The van der Waals surface area contributed by atoms with E-state index in [4.69, 9.17) is 4.74 Å². The van der Waals surface area contributed by atoms with Crippen molar-refractivity contribution < 1.29 is 13.2 Å². The van der Waals surface area contributed by atoms with Gasteiger partial charge in [-0.2, -0.15) is 0 Å². The summed E-state index contributed by atoms with van der Waals surface area (Å²) >= 11 is 0. The highest BCUT2D eigenvalue weighted by atomic mass is 32.2. The largest absolute Gasteiger partial charge is 0.377 e. The molecular weight excluding hydrogens is 304 g/mol. The predicted octanol–water partition coefficient (Wildman–Crippen LogP) is 0.216. The van der Waals surface area contributed by atoms with Crippen LogP contribution in [-0.2, 0) is 14.8 Å². The van der Waals surface area contributed by atoms with Crippen molar-refractivity contribution in [3.8, 4) is 0 Å². The summed E-state index contributed by atoms with van der Waals surface area (Å²) in [5.74, 6) is 0.554. The van der Waals surface area contributed by atoms with Crippen molar-refractivity contribution in [2.24, 2.45) is 4.99 Å². The Hall–Kier alpha value is -1.12. The fourth-order valence-electron chi connectivity index (χ4n) is 2.05. The van der Waals surface area contributed by atoms with E-state index in [1.54, 1.807) is 6.08 Å². The van der Waals surface area contributed by atoms with Crippen LogP contribution in [0.1, 0.15) is 26.2 Å². The maximum atomic E-state index is 11.9. The number of guanidine groups is 1. The van der Waals surface area contributed by atoms with E-state index in [2.05, 4.69) is 26.9 Å². The Balaban J connectivity index is 2.34. The molecule has 0 amide bonds. The van der Waals surface area contributed by atoms with Crippen molar-refractivity contribution in [3.05, 3.63) is 12.7 Å². The first-order valence-electron chi connectivity index (χ1n) is 7.79. The SMILES string of the molecule is C=CCNC(=NCCS(=O)(=O)NCC1CCCCO1)NCC. The van der Waals surface area contributed by atoms with Gasteiger partial charge in [-0.05, 0) is 26.2 Å². The first kappa shape index (κ1) is 18.9. The van der Waals surface area contributed by atoms with E-state index in [-0.39, 0.29) is 18.4 Å². The zero-order valence-electron chi connectivity index (χ0n) is 13.3. The second-order valence-electron chi connectivity index (χ2n) is 5.09. The molecule has 0 aromatic rings. The first-order valence-corrected chi connectivity index (χ1v) is 9.44. The number of hydrogen-bond donors (Lipinski definition) is 3. The molecule has 1 rings (SSSR count). The Morgan fingerprint density at radius 3 is 2.86 bits per heavy atom. The summed E-state index contributed by atoms with van der Waals surface area (Å²) in [7, 11) is -3.32. The number of rotatable bonds is 9. The number of aliphatic imine (C=N–C) groups is 1. The molecule has 8 heteroatoms. The molecule has 128 valence electrons. The third kappa shape index (κ3) is 8.35. The maximum Gasteiger partial charge on any atom is 0.213 e. The summed E-state index contributed by atoms with van der Waals surface area (Å²) in [6.45, 7) is 8.13. The van der Waals surface area contributed by atoms with Crippen molar-refractivity contribution in [2.45, 2.75) is 32.3 Å². The van der Waals surface area contributed by atoms with Crippen molar-refractivity contribution >= 4 is 16.0 Å². The minimum absolute atomic E-state index is 0.00129. The number of nitrogens with zero attached hydrogens (tertiary/aromatic N) is 1. The second kappa shape index (κ2) is 10.6. The minimum atomic E-state index is -3.32. The van der Waals surface area contributed by atoms with Gasteiger partial charge in [-0.15, -0.1) is 6.58 Å². The lowest BCUT2D eigenvalue weighted by molar-refractivity contribution is 0.0200. The molecule has 22 heavy (non-hydrogen) atoms. The van der Waals surface area contributed by atoms with Crippen LogP contribution in [0.2, 0.25) is 0 Å². The van der Waals surface area contributed by atoms with E-state index < -0.39 is 10.0 Å². The Labute approximate surface area is 133 Å².